The van der Waals surface area contributed by atoms with E-state index in [1.807, 2.05) is 0 Å². The fraction of sp³-hybridized carbons (Fsp3) is 0.667. The first kappa shape index (κ1) is 21.3. The van der Waals surface area contributed by atoms with Crippen LogP contribution >= 0.6 is 0 Å². The van der Waals surface area contributed by atoms with Crippen LogP contribution in [0.25, 0.3) is 0 Å². The third-order valence-corrected chi connectivity index (χ3v) is 7.62. The Balaban J connectivity index is 1.67. The van der Waals surface area contributed by atoms with Crippen LogP contribution in [0.1, 0.15) is 46.5 Å². The van der Waals surface area contributed by atoms with E-state index in [-0.39, 0.29) is 28.2 Å². The lowest BCUT2D eigenvalue weighted by molar-refractivity contribution is -0.126. The fourth-order valence-corrected chi connectivity index (χ4v) is 6.05. The molecule has 7 heteroatoms. The van der Waals surface area contributed by atoms with Crippen molar-refractivity contribution in [1.29, 1.82) is 0 Å². The first-order valence-electron chi connectivity index (χ1n) is 10.2. The molecule has 0 spiro atoms. The number of hydrogen-bond acceptors (Lipinski definition) is 4. The van der Waals surface area contributed by atoms with Crippen molar-refractivity contribution in [2.75, 3.05) is 19.7 Å². The van der Waals surface area contributed by atoms with Gasteiger partial charge in [0.2, 0.25) is 15.9 Å². The maximum Gasteiger partial charge on any atom is 0.243 e. The van der Waals surface area contributed by atoms with Crippen LogP contribution in [0, 0.1) is 11.3 Å². The minimum Gasteiger partial charge on any atom is -0.377 e. The summed E-state index contributed by atoms with van der Waals surface area (Å²) < 4.78 is 33.3. The van der Waals surface area contributed by atoms with E-state index >= 15 is 0 Å². The molecule has 0 saturated carbocycles. The molecule has 1 aromatic rings. The number of benzene rings is 1. The summed E-state index contributed by atoms with van der Waals surface area (Å²) in [4.78, 5) is 13.1. The number of ether oxygens (including phenoxy) is 1. The highest BCUT2D eigenvalue weighted by Gasteiger charge is 2.40. The molecule has 6 nitrogen and oxygen atoms in total. The average Bonchev–Trinajstić information content (AvgIpc) is 3.17. The molecule has 1 N–H and O–H groups in total. The summed E-state index contributed by atoms with van der Waals surface area (Å²) in [6.07, 6.45) is 3.35. The zero-order valence-corrected chi connectivity index (χ0v) is 17.9. The lowest BCUT2D eigenvalue weighted by Gasteiger charge is -2.40. The van der Waals surface area contributed by atoms with Crippen molar-refractivity contribution >= 4 is 15.9 Å². The van der Waals surface area contributed by atoms with Crippen molar-refractivity contribution in [3.8, 4) is 0 Å². The van der Waals surface area contributed by atoms with Crippen molar-refractivity contribution in [3.63, 3.8) is 0 Å². The summed E-state index contributed by atoms with van der Waals surface area (Å²) in [5.74, 6) is 0.0496. The highest BCUT2D eigenvalue weighted by atomic mass is 32.2. The molecule has 2 saturated heterocycles. The topological polar surface area (TPSA) is 75.7 Å². The van der Waals surface area contributed by atoms with Crippen molar-refractivity contribution in [2.24, 2.45) is 11.3 Å². The second-order valence-corrected chi connectivity index (χ2v) is 10.8. The molecule has 2 fully saturated rings. The first-order valence-corrected chi connectivity index (χ1v) is 11.6. The average molecular weight is 409 g/mol. The van der Waals surface area contributed by atoms with Gasteiger partial charge in [-0.15, -0.1) is 0 Å². The Morgan fingerprint density at radius 3 is 2.57 bits per heavy atom. The Labute approximate surface area is 168 Å². The molecular weight excluding hydrogens is 376 g/mol. The molecule has 0 bridgehead atoms. The molecule has 3 rings (SSSR count). The highest BCUT2D eigenvalue weighted by molar-refractivity contribution is 7.89. The molecule has 1 amide bonds. The smallest absolute Gasteiger partial charge is 0.243 e. The van der Waals surface area contributed by atoms with E-state index in [2.05, 4.69) is 26.1 Å². The third-order valence-electron chi connectivity index (χ3n) is 5.69. The molecule has 1 aromatic carbocycles. The quantitative estimate of drug-likeness (QED) is 0.813. The molecule has 0 radical (unpaired) electrons. The molecule has 0 aromatic heterocycles. The molecule has 3 atom stereocenters. The summed E-state index contributed by atoms with van der Waals surface area (Å²) >= 11 is 0. The molecule has 3 unspecified atom stereocenters. The van der Waals surface area contributed by atoms with Gasteiger partial charge in [0.1, 0.15) is 6.04 Å². The monoisotopic (exact) mass is 408 g/mol. The van der Waals surface area contributed by atoms with Gasteiger partial charge in [-0.25, -0.2) is 8.42 Å². The van der Waals surface area contributed by atoms with Gasteiger partial charge in [-0.1, -0.05) is 39.0 Å². The maximum absolute atomic E-state index is 13.0. The zero-order chi connectivity index (χ0) is 20.4. The molecule has 2 aliphatic heterocycles. The first-order chi connectivity index (χ1) is 13.2. The van der Waals surface area contributed by atoms with Crippen LogP contribution in [0.15, 0.2) is 35.2 Å². The Bertz CT molecular complexity index is 773. The van der Waals surface area contributed by atoms with E-state index in [0.717, 1.165) is 19.4 Å². The largest absolute Gasteiger partial charge is 0.377 e. The number of hydrogen-bond donors (Lipinski definition) is 1. The summed E-state index contributed by atoms with van der Waals surface area (Å²) in [5, 5.41) is 3.02. The van der Waals surface area contributed by atoms with Crippen molar-refractivity contribution in [1.82, 2.24) is 9.62 Å². The van der Waals surface area contributed by atoms with Crippen LogP contribution in [-0.2, 0) is 19.6 Å². The zero-order valence-electron chi connectivity index (χ0n) is 17.1. The summed E-state index contributed by atoms with van der Waals surface area (Å²) in [6.45, 7) is 8.13. The second-order valence-electron chi connectivity index (χ2n) is 8.89. The second kappa shape index (κ2) is 8.51. The number of carbonyl (C=O) groups is 1. The van der Waals surface area contributed by atoms with Gasteiger partial charge < -0.3 is 10.1 Å². The number of amides is 1. The Kier molecular flexibility index (Phi) is 6.47. The standard InChI is InChI=1S/C21H32N2O4S/c1-21(2,3)19-16(9-8-14-27-19)15-22-20(24)18-12-7-13-23(18)28(25,26)17-10-5-4-6-11-17/h4-6,10-11,16,18-19H,7-9,12-15H2,1-3H3,(H,22,24). The van der Waals surface area contributed by atoms with Gasteiger partial charge in [0.25, 0.3) is 0 Å². The number of nitrogens with zero attached hydrogens (tertiary/aromatic N) is 1. The van der Waals surface area contributed by atoms with E-state index in [1.165, 1.54) is 4.31 Å². The van der Waals surface area contributed by atoms with Gasteiger partial charge >= 0.3 is 0 Å². The summed E-state index contributed by atoms with van der Waals surface area (Å²) in [5.41, 5.74) is 0.00581. The van der Waals surface area contributed by atoms with Gasteiger partial charge in [-0.3, -0.25) is 4.79 Å². The number of rotatable bonds is 5. The van der Waals surface area contributed by atoms with Gasteiger partial charge in [0.05, 0.1) is 11.0 Å². The van der Waals surface area contributed by atoms with Gasteiger partial charge in [-0.2, -0.15) is 4.31 Å². The van der Waals surface area contributed by atoms with Crippen LogP contribution in [0.4, 0.5) is 0 Å². The Hall–Kier alpha value is -1.44. The van der Waals surface area contributed by atoms with E-state index in [1.54, 1.807) is 30.3 Å². The molecule has 2 aliphatic rings. The highest BCUT2D eigenvalue weighted by Crippen LogP contribution is 2.34. The number of carbonyl (C=O) groups excluding carboxylic acids is 1. The number of nitrogens with one attached hydrogen (secondary N) is 1. The SMILES string of the molecule is CC(C)(C)C1OCCCC1CNC(=O)C1CCCN1S(=O)(=O)c1ccccc1. The van der Waals surface area contributed by atoms with E-state index in [9.17, 15) is 13.2 Å². The number of sulfonamides is 1. The van der Waals surface area contributed by atoms with Crippen molar-refractivity contribution in [2.45, 2.75) is 63.5 Å². The lowest BCUT2D eigenvalue weighted by Crippen LogP contribution is -2.50. The van der Waals surface area contributed by atoms with E-state index in [0.29, 0.717) is 25.9 Å². The van der Waals surface area contributed by atoms with Crippen LogP contribution in [-0.4, -0.2) is 50.5 Å². The van der Waals surface area contributed by atoms with Gasteiger partial charge in [0.15, 0.2) is 0 Å². The molecule has 156 valence electrons. The van der Waals surface area contributed by atoms with Crippen LogP contribution in [0.3, 0.4) is 0 Å². The molecule has 2 heterocycles. The fourth-order valence-electron chi connectivity index (χ4n) is 4.38. The maximum atomic E-state index is 13.0. The van der Waals surface area contributed by atoms with Crippen molar-refractivity contribution in [3.05, 3.63) is 30.3 Å². The normalized spacial score (nSPS) is 26.9. The molecule has 0 aliphatic carbocycles. The Morgan fingerprint density at radius 2 is 1.89 bits per heavy atom. The van der Waals surface area contributed by atoms with Gasteiger partial charge in [-0.05, 0) is 43.2 Å². The van der Waals surface area contributed by atoms with Crippen LogP contribution in [0.5, 0.6) is 0 Å². The summed E-state index contributed by atoms with van der Waals surface area (Å²) in [6, 6.07) is 7.71. The lowest BCUT2D eigenvalue weighted by atomic mass is 9.78. The van der Waals surface area contributed by atoms with E-state index in [4.69, 9.17) is 4.74 Å². The summed E-state index contributed by atoms with van der Waals surface area (Å²) in [7, 11) is -3.66. The predicted molar refractivity (Wildman–Crippen MR) is 108 cm³/mol. The predicted octanol–water partition coefficient (Wildman–Crippen LogP) is 2.80. The van der Waals surface area contributed by atoms with Crippen LogP contribution < -0.4 is 5.32 Å². The minimum absolute atomic E-state index is 0.00581. The van der Waals surface area contributed by atoms with Gasteiger partial charge in [0, 0.05) is 25.6 Å². The van der Waals surface area contributed by atoms with Crippen molar-refractivity contribution < 1.29 is 17.9 Å². The molecular formula is C21H32N2O4S. The third kappa shape index (κ3) is 4.58. The minimum atomic E-state index is -3.66. The molecule has 28 heavy (non-hydrogen) atoms. The van der Waals surface area contributed by atoms with E-state index < -0.39 is 16.1 Å². The van der Waals surface area contributed by atoms with Crippen LogP contribution in [0.2, 0.25) is 0 Å². The Morgan fingerprint density at radius 1 is 1.18 bits per heavy atom.